The number of carbonyl (C=O) groups excluding carboxylic acids is 1. The van der Waals surface area contributed by atoms with Crippen LogP contribution in [-0.4, -0.2) is 13.1 Å². The van der Waals surface area contributed by atoms with Crippen LogP contribution >= 0.6 is 34.2 Å². The van der Waals surface area contributed by atoms with E-state index in [1.54, 1.807) is 0 Å². The van der Waals surface area contributed by atoms with E-state index >= 15 is 0 Å². The standard InChI is InChI=1S/C14H24ClIO2/c1-4-6-8-11(10-13(17)18-3)14(16)12(15)9-7-5-2/h11H,4-10H2,1-3H3/b14-12+. The summed E-state index contributed by atoms with van der Waals surface area (Å²) in [6.07, 6.45) is 6.85. The Labute approximate surface area is 130 Å². The van der Waals surface area contributed by atoms with Gasteiger partial charge in [0.15, 0.2) is 0 Å². The van der Waals surface area contributed by atoms with Gasteiger partial charge in [0, 0.05) is 14.5 Å². The first-order chi connectivity index (χ1) is 8.56. The molecule has 0 bridgehead atoms. The van der Waals surface area contributed by atoms with Crippen LogP contribution in [0.25, 0.3) is 0 Å². The van der Waals surface area contributed by atoms with Crippen molar-refractivity contribution in [3.63, 3.8) is 0 Å². The van der Waals surface area contributed by atoms with Crippen LogP contribution in [0.2, 0.25) is 0 Å². The number of hydrogen-bond acceptors (Lipinski definition) is 2. The van der Waals surface area contributed by atoms with Crippen molar-refractivity contribution in [2.75, 3.05) is 7.11 Å². The third-order valence-corrected chi connectivity index (χ3v) is 5.16. The van der Waals surface area contributed by atoms with Gasteiger partial charge < -0.3 is 4.74 Å². The largest absolute Gasteiger partial charge is 0.469 e. The Morgan fingerprint density at radius 1 is 1.28 bits per heavy atom. The van der Waals surface area contributed by atoms with Gasteiger partial charge in [-0.05, 0) is 41.9 Å². The van der Waals surface area contributed by atoms with Crippen LogP contribution in [0.1, 0.15) is 58.8 Å². The quantitative estimate of drug-likeness (QED) is 0.390. The van der Waals surface area contributed by atoms with E-state index in [1.165, 1.54) is 7.11 Å². The summed E-state index contributed by atoms with van der Waals surface area (Å²) in [6.45, 7) is 4.31. The fraction of sp³-hybridized carbons (Fsp3) is 0.786. The van der Waals surface area contributed by atoms with E-state index in [-0.39, 0.29) is 11.9 Å². The van der Waals surface area contributed by atoms with Gasteiger partial charge in [0.25, 0.3) is 0 Å². The molecule has 2 nitrogen and oxygen atoms in total. The van der Waals surface area contributed by atoms with Gasteiger partial charge in [-0.3, -0.25) is 4.79 Å². The smallest absolute Gasteiger partial charge is 0.306 e. The number of halogens is 2. The molecule has 0 N–H and O–H groups in total. The van der Waals surface area contributed by atoms with Crippen LogP contribution in [0.3, 0.4) is 0 Å². The third-order valence-electron chi connectivity index (χ3n) is 2.91. The van der Waals surface area contributed by atoms with Crippen LogP contribution in [-0.2, 0) is 9.53 Å². The molecule has 0 aromatic carbocycles. The molecule has 0 aromatic heterocycles. The molecule has 106 valence electrons. The molecular weight excluding hydrogens is 363 g/mol. The summed E-state index contributed by atoms with van der Waals surface area (Å²) < 4.78 is 5.90. The maximum absolute atomic E-state index is 11.4. The van der Waals surface area contributed by atoms with Crippen molar-refractivity contribution in [3.8, 4) is 0 Å². The van der Waals surface area contributed by atoms with E-state index < -0.39 is 0 Å². The zero-order valence-corrected chi connectivity index (χ0v) is 14.5. The number of unbranched alkanes of at least 4 members (excludes halogenated alkanes) is 2. The summed E-state index contributed by atoms with van der Waals surface area (Å²) in [5.41, 5.74) is 0. The molecule has 0 fully saturated rings. The lowest BCUT2D eigenvalue weighted by molar-refractivity contribution is -0.141. The highest BCUT2D eigenvalue weighted by molar-refractivity contribution is 14.1. The lowest BCUT2D eigenvalue weighted by atomic mass is 9.97. The Kier molecular flexibility index (Phi) is 11.2. The average Bonchev–Trinajstić information content (AvgIpc) is 2.39. The van der Waals surface area contributed by atoms with Gasteiger partial charge in [0.05, 0.1) is 13.5 Å². The molecule has 0 aliphatic rings. The van der Waals surface area contributed by atoms with Crippen molar-refractivity contribution in [1.82, 2.24) is 0 Å². The number of allylic oxidation sites excluding steroid dienone is 2. The maximum atomic E-state index is 11.4. The van der Waals surface area contributed by atoms with E-state index in [1.807, 2.05) is 0 Å². The first-order valence-corrected chi connectivity index (χ1v) is 8.13. The van der Waals surface area contributed by atoms with Crippen molar-refractivity contribution in [1.29, 1.82) is 0 Å². The molecule has 0 heterocycles. The van der Waals surface area contributed by atoms with Gasteiger partial charge in [-0.1, -0.05) is 44.7 Å². The fourth-order valence-corrected chi connectivity index (χ4v) is 2.82. The minimum absolute atomic E-state index is 0.148. The van der Waals surface area contributed by atoms with E-state index in [9.17, 15) is 4.79 Å². The van der Waals surface area contributed by atoms with Gasteiger partial charge in [-0.2, -0.15) is 0 Å². The van der Waals surface area contributed by atoms with Crippen LogP contribution in [0.5, 0.6) is 0 Å². The maximum Gasteiger partial charge on any atom is 0.306 e. The Morgan fingerprint density at radius 2 is 1.89 bits per heavy atom. The van der Waals surface area contributed by atoms with Crippen LogP contribution in [0.4, 0.5) is 0 Å². The first kappa shape index (κ1) is 18.2. The lowest BCUT2D eigenvalue weighted by Gasteiger charge is -2.16. The van der Waals surface area contributed by atoms with Crippen LogP contribution in [0.15, 0.2) is 8.61 Å². The van der Waals surface area contributed by atoms with Gasteiger partial charge in [0.1, 0.15) is 0 Å². The van der Waals surface area contributed by atoms with E-state index in [0.29, 0.717) is 6.42 Å². The molecule has 0 spiro atoms. The van der Waals surface area contributed by atoms with Gasteiger partial charge in [0.2, 0.25) is 0 Å². The van der Waals surface area contributed by atoms with E-state index in [2.05, 4.69) is 36.4 Å². The Balaban J connectivity index is 4.64. The first-order valence-electron chi connectivity index (χ1n) is 6.67. The van der Waals surface area contributed by atoms with E-state index in [0.717, 1.165) is 47.1 Å². The molecule has 0 radical (unpaired) electrons. The zero-order chi connectivity index (χ0) is 14.0. The molecule has 4 heteroatoms. The van der Waals surface area contributed by atoms with Gasteiger partial charge in [-0.15, -0.1) is 0 Å². The van der Waals surface area contributed by atoms with Crippen LogP contribution < -0.4 is 0 Å². The molecule has 0 saturated carbocycles. The molecule has 1 atom stereocenters. The molecule has 0 rings (SSSR count). The number of esters is 1. The molecule has 0 aromatic rings. The normalized spacial score (nSPS) is 14.1. The Bertz CT molecular complexity index is 277. The third kappa shape index (κ3) is 7.62. The van der Waals surface area contributed by atoms with Crippen LogP contribution in [0, 0.1) is 5.92 Å². The molecular formula is C14H24ClIO2. The summed E-state index contributed by atoms with van der Waals surface area (Å²) in [5.74, 6) is 0.0765. The van der Waals surface area contributed by atoms with Crippen molar-refractivity contribution in [2.24, 2.45) is 5.92 Å². The number of hydrogen-bond donors (Lipinski definition) is 0. The highest BCUT2D eigenvalue weighted by Crippen LogP contribution is 2.33. The molecule has 0 aliphatic heterocycles. The summed E-state index contributed by atoms with van der Waals surface area (Å²) >= 11 is 8.63. The summed E-state index contributed by atoms with van der Waals surface area (Å²) in [7, 11) is 1.44. The summed E-state index contributed by atoms with van der Waals surface area (Å²) in [6, 6.07) is 0. The zero-order valence-electron chi connectivity index (χ0n) is 11.6. The molecule has 0 saturated heterocycles. The molecule has 0 aliphatic carbocycles. The number of rotatable bonds is 9. The number of ether oxygens (including phenoxy) is 1. The SMILES string of the molecule is CCCC/C(Cl)=C(\I)C(CCCC)CC(=O)OC. The molecule has 18 heavy (non-hydrogen) atoms. The molecule has 1 unspecified atom stereocenters. The summed E-state index contributed by atoms with van der Waals surface area (Å²) in [4.78, 5) is 11.4. The monoisotopic (exact) mass is 386 g/mol. The van der Waals surface area contributed by atoms with E-state index in [4.69, 9.17) is 16.3 Å². The second-order valence-electron chi connectivity index (χ2n) is 4.48. The number of carbonyl (C=O) groups is 1. The highest BCUT2D eigenvalue weighted by Gasteiger charge is 2.19. The van der Waals surface area contributed by atoms with Crippen molar-refractivity contribution in [2.45, 2.75) is 58.8 Å². The summed E-state index contributed by atoms with van der Waals surface area (Å²) in [5, 5.41) is 0.919. The predicted molar refractivity (Wildman–Crippen MR) is 86.1 cm³/mol. The second-order valence-corrected chi connectivity index (χ2v) is 6.09. The van der Waals surface area contributed by atoms with Crippen molar-refractivity contribution < 1.29 is 9.53 Å². The van der Waals surface area contributed by atoms with Gasteiger partial charge >= 0.3 is 5.97 Å². The lowest BCUT2D eigenvalue weighted by Crippen LogP contribution is -2.11. The predicted octanol–water partition coefficient (Wildman–Crippen LogP) is 5.43. The molecule has 0 amide bonds. The minimum Gasteiger partial charge on any atom is -0.469 e. The number of methoxy groups -OCH3 is 1. The highest BCUT2D eigenvalue weighted by atomic mass is 127. The Morgan fingerprint density at radius 3 is 2.39 bits per heavy atom. The average molecular weight is 387 g/mol. The fourth-order valence-electron chi connectivity index (χ4n) is 1.73. The second kappa shape index (κ2) is 11.1. The van der Waals surface area contributed by atoms with Crippen molar-refractivity contribution >= 4 is 40.2 Å². The Hall–Kier alpha value is 0.230. The van der Waals surface area contributed by atoms with Gasteiger partial charge in [-0.25, -0.2) is 0 Å². The topological polar surface area (TPSA) is 26.3 Å². The minimum atomic E-state index is -0.148. The van der Waals surface area contributed by atoms with Crippen molar-refractivity contribution in [3.05, 3.63) is 8.61 Å².